The molecule has 0 aromatic heterocycles. The summed E-state index contributed by atoms with van der Waals surface area (Å²) in [4.78, 5) is 38.2. The maximum absolute atomic E-state index is 11.9. The summed E-state index contributed by atoms with van der Waals surface area (Å²) < 4.78 is 20.5. The van der Waals surface area contributed by atoms with Crippen LogP contribution in [0.1, 0.15) is 12.0 Å². The van der Waals surface area contributed by atoms with Gasteiger partial charge in [-0.25, -0.2) is 9.59 Å². The van der Waals surface area contributed by atoms with Gasteiger partial charge >= 0.3 is 18.3 Å². The van der Waals surface area contributed by atoms with Gasteiger partial charge in [0.05, 0.1) is 26.1 Å². The summed E-state index contributed by atoms with van der Waals surface area (Å²) in [6, 6.07) is 18.7. The Kier molecular flexibility index (Phi) is 14.0. The Labute approximate surface area is 216 Å². The molecule has 2 aromatic rings. The summed E-state index contributed by atoms with van der Waals surface area (Å²) in [5, 5.41) is 17.9. The number of carboxylic acids is 1. The lowest BCUT2D eigenvalue weighted by atomic mass is 10.2. The van der Waals surface area contributed by atoms with Crippen LogP contribution in [0.15, 0.2) is 60.7 Å². The molecule has 0 saturated carbocycles. The minimum atomic E-state index is -0.944. The molecule has 11 heteroatoms. The fourth-order valence-corrected chi connectivity index (χ4v) is 3.28. The fourth-order valence-electron chi connectivity index (χ4n) is 3.28. The minimum Gasteiger partial charge on any atom is -0.481 e. The molecule has 0 spiro atoms. The number of ether oxygens (including phenoxy) is 4. The van der Waals surface area contributed by atoms with Crippen molar-refractivity contribution < 1.29 is 43.5 Å². The van der Waals surface area contributed by atoms with Crippen molar-refractivity contribution in [3.63, 3.8) is 0 Å². The van der Waals surface area contributed by atoms with Crippen LogP contribution in [-0.4, -0.2) is 92.5 Å². The van der Waals surface area contributed by atoms with E-state index in [0.717, 1.165) is 11.3 Å². The van der Waals surface area contributed by atoms with Crippen LogP contribution in [0.4, 0.5) is 15.3 Å². The molecule has 2 rings (SSSR count). The summed E-state index contributed by atoms with van der Waals surface area (Å²) in [6.45, 7) is 1.57. The fraction of sp³-hybridized carbons (Fsp3) is 0.423. The predicted molar refractivity (Wildman–Crippen MR) is 134 cm³/mol. The van der Waals surface area contributed by atoms with Crippen LogP contribution >= 0.6 is 0 Å². The first-order valence-corrected chi connectivity index (χ1v) is 12.0. The normalized spacial score (nSPS) is 10.5. The Hall–Kier alpha value is -3.83. The van der Waals surface area contributed by atoms with E-state index in [1.165, 1.54) is 0 Å². The van der Waals surface area contributed by atoms with Gasteiger partial charge in [0.15, 0.2) is 0 Å². The molecular weight excluding hydrogens is 484 g/mol. The van der Waals surface area contributed by atoms with Crippen LogP contribution in [0.3, 0.4) is 0 Å². The van der Waals surface area contributed by atoms with Crippen LogP contribution < -0.4 is 4.90 Å². The van der Waals surface area contributed by atoms with Gasteiger partial charge in [-0.1, -0.05) is 48.5 Å². The molecule has 0 radical (unpaired) electrons. The molecule has 0 amide bonds. The second kappa shape index (κ2) is 17.6. The Morgan fingerprint density at radius 1 is 0.676 bits per heavy atom. The second-order valence-electron chi connectivity index (χ2n) is 7.85. The highest BCUT2D eigenvalue weighted by Crippen LogP contribution is 2.13. The number of carbonyl (C=O) groups excluding carboxylic acids is 2. The highest BCUT2D eigenvalue weighted by atomic mass is 16.7. The number of aliphatic hydroxyl groups excluding tert-OH is 1. The highest BCUT2D eigenvalue weighted by Gasteiger charge is 2.13. The van der Waals surface area contributed by atoms with Gasteiger partial charge in [-0.15, -0.1) is 0 Å². The lowest BCUT2D eigenvalue weighted by Gasteiger charge is -2.24. The van der Waals surface area contributed by atoms with Gasteiger partial charge in [0.25, 0.3) is 0 Å². The zero-order valence-corrected chi connectivity index (χ0v) is 20.7. The van der Waals surface area contributed by atoms with E-state index in [2.05, 4.69) is 0 Å². The second-order valence-corrected chi connectivity index (χ2v) is 7.85. The molecular formula is C26H34N2O9. The molecule has 2 aromatic carbocycles. The van der Waals surface area contributed by atoms with Crippen molar-refractivity contribution in [2.24, 2.45) is 0 Å². The van der Waals surface area contributed by atoms with Crippen molar-refractivity contribution in [3.05, 3.63) is 66.2 Å². The van der Waals surface area contributed by atoms with Crippen molar-refractivity contribution >= 4 is 24.0 Å². The molecule has 0 bridgehead atoms. The largest absolute Gasteiger partial charge is 0.508 e. The van der Waals surface area contributed by atoms with Gasteiger partial charge in [0.2, 0.25) is 0 Å². The van der Waals surface area contributed by atoms with Crippen molar-refractivity contribution in [1.82, 2.24) is 4.90 Å². The third kappa shape index (κ3) is 13.2. The number of carboxylic acid groups (broad SMARTS) is 1. The molecule has 11 nitrogen and oxygen atoms in total. The summed E-state index contributed by atoms with van der Waals surface area (Å²) >= 11 is 0. The Morgan fingerprint density at radius 2 is 1.22 bits per heavy atom. The molecule has 0 atom stereocenters. The number of rotatable bonds is 17. The van der Waals surface area contributed by atoms with Crippen LogP contribution in [0.2, 0.25) is 0 Å². The molecule has 0 saturated heterocycles. The van der Waals surface area contributed by atoms with E-state index < -0.39 is 18.3 Å². The molecule has 37 heavy (non-hydrogen) atoms. The monoisotopic (exact) mass is 518 g/mol. The first kappa shape index (κ1) is 29.4. The lowest BCUT2D eigenvalue weighted by molar-refractivity contribution is -0.137. The molecule has 2 N–H and O–H groups in total. The zero-order chi connectivity index (χ0) is 26.7. The van der Waals surface area contributed by atoms with Crippen molar-refractivity contribution in [1.29, 1.82) is 0 Å². The number of nitrogens with zero attached hydrogens (tertiary/aromatic N) is 2. The number of benzene rings is 2. The van der Waals surface area contributed by atoms with Gasteiger partial charge in [-0.05, 0) is 17.7 Å². The Bertz CT molecular complexity index is 928. The first-order chi connectivity index (χ1) is 18.0. The maximum atomic E-state index is 11.9. The Morgan fingerprint density at radius 3 is 1.78 bits per heavy atom. The van der Waals surface area contributed by atoms with E-state index in [1.54, 1.807) is 4.90 Å². The van der Waals surface area contributed by atoms with Gasteiger partial charge < -0.3 is 34.1 Å². The topological polar surface area (TPSA) is 135 Å². The molecule has 0 aliphatic heterocycles. The third-order valence-electron chi connectivity index (χ3n) is 5.17. The maximum Gasteiger partial charge on any atom is 0.508 e. The van der Waals surface area contributed by atoms with Gasteiger partial charge in [0, 0.05) is 25.3 Å². The van der Waals surface area contributed by atoms with Crippen molar-refractivity contribution in [2.45, 2.75) is 13.0 Å². The number of para-hydroxylation sites is 1. The number of hydrogen-bond donors (Lipinski definition) is 2. The van der Waals surface area contributed by atoms with Crippen molar-refractivity contribution in [3.8, 4) is 0 Å². The standard InChI is InChI=1S/C26H34N2O9/c29-17-13-27(12-11-24(30)31)14-18-34-25(32)35-19-15-28(23-9-5-2-6-10-23)16-20-36-26(33)37-21-22-7-3-1-4-8-22/h1-10,29H,11-21H2,(H,30,31). The van der Waals surface area contributed by atoms with E-state index in [1.807, 2.05) is 65.6 Å². The van der Waals surface area contributed by atoms with Gasteiger partial charge in [0.1, 0.15) is 26.4 Å². The molecule has 0 unspecified atom stereocenters. The van der Waals surface area contributed by atoms with E-state index in [-0.39, 0.29) is 59.1 Å². The quantitative estimate of drug-likeness (QED) is 0.299. The summed E-state index contributed by atoms with van der Waals surface area (Å²) in [7, 11) is 0. The van der Waals surface area contributed by atoms with Crippen LogP contribution in [-0.2, 0) is 30.3 Å². The van der Waals surface area contributed by atoms with E-state index in [9.17, 15) is 14.4 Å². The summed E-state index contributed by atoms with van der Waals surface area (Å²) in [5.41, 5.74) is 1.72. The number of anilines is 1. The minimum absolute atomic E-state index is 0.000213. The zero-order valence-electron chi connectivity index (χ0n) is 20.7. The van der Waals surface area contributed by atoms with Crippen LogP contribution in [0.5, 0.6) is 0 Å². The smallest absolute Gasteiger partial charge is 0.481 e. The highest BCUT2D eigenvalue weighted by molar-refractivity contribution is 5.66. The lowest BCUT2D eigenvalue weighted by Crippen LogP contribution is -2.34. The molecule has 202 valence electrons. The SMILES string of the molecule is O=C(O)CCN(CCO)CCOC(=O)OCCN(CCOC(=O)OCc1ccccc1)c1ccccc1. The molecule has 0 heterocycles. The van der Waals surface area contributed by atoms with Crippen molar-refractivity contribution in [2.75, 3.05) is 64.1 Å². The molecule has 0 aliphatic carbocycles. The van der Waals surface area contributed by atoms with Crippen LogP contribution in [0, 0.1) is 0 Å². The average molecular weight is 519 g/mol. The summed E-state index contributed by atoms with van der Waals surface area (Å²) in [6.07, 6.45) is -1.69. The van der Waals surface area contributed by atoms with Gasteiger partial charge in [-0.2, -0.15) is 0 Å². The van der Waals surface area contributed by atoms with Crippen LogP contribution in [0.25, 0.3) is 0 Å². The first-order valence-electron chi connectivity index (χ1n) is 12.0. The van der Waals surface area contributed by atoms with Gasteiger partial charge in [-0.3, -0.25) is 9.69 Å². The molecule has 0 aliphatic rings. The average Bonchev–Trinajstić information content (AvgIpc) is 2.90. The Balaban J connectivity index is 1.71. The molecule has 0 fully saturated rings. The van der Waals surface area contributed by atoms with E-state index in [0.29, 0.717) is 13.1 Å². The predicted octanol–water partition coefficient (Wildman–Crippen LogP) is 2.77. The third-order valence-corrected chi connectivity index (χ3v) is 5.17. The van der Waals surface area contributed by atoms with E-state index >= 15 is 0 Å². The number of aliphatic carboxylic acids is 1. The number of carbonyl (C=O) groups is 3. The summed E-state index contributed by atoms with van der Waals surface area (Å²) in [5.74, 6) is -0.944. The van der Waals surface area contributed by atoms with E-state index in [4.69, 9.17) is 29.2 Å². The number of hydrogen-bond acceptors (Lipinski definition) is 10. The number of aliphatic hydroxyl groups is 1.